The molecule has 1 saturated heterocycles. The molecule has 0 spiro atoms. The topological polar surface area (TPSA) is 86.8 Å². The van der Waals surface area contributed by atoms with E-state index in [1.54, 1.807) is 54.6 Å². The standard InChI is InChI=1S/C28H36ClN3O4S/c1-19(2)31(3)21-13-14-26(20(17-21)18-37(35,36)22-9-5-4-6-10-22)32-16-15-25(28(32)34)30-27(33)23-11-7-8-12-24(23)29/h4-12,19-21,25-26H,13-18H2,1-3H3,(H,30,33)/t20-,21+,25?,26-/m0/s1. The Morgan fingerprint density at radius 1 is 1.08 bits per heavy atom. The fourth-order valence-corrected chi connectivity index (χ4v) is 7.56. The number of nitrogens with zero attached hydrogens (tertiary/aromatic N) is 2. The third kappa shape index (κ3) is 6.19. The van der Waals surface area contributed by atoms with Crippen LogP contribution in [0, 0.1) is 5.92 Å². The number of amides is 2. The van der Waals surface area contributed by atoms with Crippen molar-refractivity contribution in [3.8, 4) is 0 Å². The Hall–Kier alpha value is -2.42. The average Bonchev–Trinajstić information content (AvgIpc) is 3.23. The first-order valence-electron chi connectivity index (χ1n) is 12.9. The van der Waals surface area contributed by atoms with Crippen molar-refractivity contribution < 1.29 is 18.0 Å². The molecule has 2 amide bonds. The highest BCUT2D eigenvalue weighted by molar-refractivity contribution is 7.91. The van der Waals surface area contributed by atoms with Gasteiger partial charge in [-0.1, -0.05) is 41.9 Å². The highest BCUT2D eigenvalue weighted by Crippen LogP contribution is 2.36. The molecule has 0 bridgehead atoms. The normalized spacial score (nSPS) is 24.6. The fraction of sp³-hybridized carbons (Fsp3) is 0.500. The van der Waals surface area contributed by atoms with Gasteiger partial charge in [-0.2, -0.15) is 0 Å². The number of likely N-dealkylation sites (tertiary alicyclic amines) is 1. The SMILES string of the molecule is CC(C)N(C)[C@@H]1CC[C@H](N2CCC(NC(=O)c3ccccc3Cl)C2=O)[C@H](CS(=O)(=O)c2ccccc2)C1. The molecular formula is C28H36ClN3O4S. The lowest BCUT2D eigenvalue weighted by Gasteiger charge is -2.44. The van der Waals surface area contributed by atoms with Gasteiger partial charge < -0.3 is 15.1 Å². The van der Waals surface area contributed by atoms with Crippen LogP contribution in [0.4, 0.5) is 0 Å². The second-order valence-corrected chi connectivity index (χ2v) is 12.9. The van der Waals surface area contributed by atoms with Gasteiger partial charge in [0.05, 0.1) is 21.2 Å². The Morgan fingerprint density at radius 2 is 1.76 bits per heavy atom. The summed E-state index contributed by atoms with van der Waals surface area (Å²) in [6.07, 6.45) is 2.81. The van der Waals surface area contributed by atoms with E-state index in [0.717, 1.165) is 12.8 Å². The van der Waals surface area contributed by atoms with E-state index in [9.17, 15) is 18.0 Å². The summed E-state index contributed by atoms with van der Waals surface area (Å²) in [4.78, 5) is 30.7. The fourth-order valence-electron chi connectivity index (χ4n) is 5.66. The molecule has 1 N–H and O–H groups in total. The smallest absolute Gasteiger partial charge is 0.253 e. The number of benzene rings is 2. The summed E-state index contributed by atoms with van der Waals surface area (Å²) < 4.78 is 26.7. The van der Waals surface area contributed by atoms with E-state index in [-0.39, 0.29) is 35.6 Å². The average molecular weight is 546 g/mol. The first-order valence-corrected chi connectivity index (χ1v) is 15.0. The van der Waals surface area contributed by atoms with E-state index in [4.69, 9.17) is 11.6 Å². The lowest BCUT2D eigenvalue weighted by Crippen LogP contribution is -2.53. The van der Waals surface area contributed by atoms with Crippen molar-refractivity contribution in [1.29, 1.82) is 0 Å². The summed E-state index contributed by atoms with van der Waals surface area (Å²) >= 11 is 6.17. The molecule has 0 aromatic heterocycles. The van der Waals surface area contributed by atoms with Crippen LogP contribution in [0.3, 0.4) is 0 Å². The van der Waals surface area contributed by atoms with E-state index in [2.05, 4.69) is 31.1 Å². The Labute approximate surface area is 225 Å². The van der Waals surface area contributed by atoms with Gasteiger partial charge >= 0.3 is 0 Å². The van der Waals surface area contributed by atoms with E-state index >= 15 is 0 Å². The largest absolute Gasteiger partial charge is 0.340 e. The van der Waals surface area contributed by atoms with Gasteiger partial charge in [-0.3, -0.25) is 9.59 Å². The van der Waals surface area contributed by atoms with Gasteiger partial charge in [-0.15, -0.1) is 0 Å². The summed E-state index contributed by atoms with van der Waals surface area (Å²) in [7, 11) is -1.44. The van der Waals surface area contributed by atoms with Gasteiger partial charge in [0.15, 0.2) is 9.84 Å². The lowest BCUT2D eigenvalue weighted by molar-refractivity contribution is -0.133. The molecule has 200 valence electrons. The first kappa shape index (κ1) is 27.6. The molecule has 4 rings (SSSR count). The molecule has 2 aromatic carbocycles. The second kappa shape index (κ2) is 11.5. The van der Waals surface area contributed by atoms with Crippen molar-refractivity contribution in [2.75, 3.05) is 19.3 Å². The van der Waals surface area contributed by atoms with Gasteiger partial charge in [0.2, 0.25) is 5.91 Å². The van der Waals surface area contributed by atoms with Crippen molar-refractivity contribution in [3.05, 3.63) is 65.2 Å². The number of hydrogen-bond acceptors (Lipinski definition) is 5. The van der Waals surface area contributed by atoms with Gasteiger partial charge in [0.1, 0.15) is 6.04 Å². The third-order valence-corrected chi connectivity index (χ3v) is 10.1. The zero-order valence-corrected chi connectivity index (χ0v) is 23.2. The maximum atomic E-state index is 13.5. The van der Waals surface area contributed by atoms with Crippen molar-refractivity contribution >= 4 is 33.3 Å². The van der Waals surface area contributed by atoms with Crippen LogP contribution in [-0.4, -0.2) is 73.5 Å². The third-order valence-electron chi connectivity index (χ3n) is 7.90. The molecule has 2 aliphatic rings. The van der Waals surface area contributed by atoms with Crippen LogP contribution in [0.5, 0.6) is 0 Å². The van der Waals surface area contributed by atoms with Crippen LogP contribution in [0.2, 0.25) is 5.02 Å². The number of sulfone groups is 1. The molecule has 2 aromatic rings. The minimum absolute atomic E-state index is 0.00938. The zero-order chi connectivity index (χ0) is 26.7. The van der Waals surface area contributed by atoms with Crippen molar-refractivity contribution in [1.82, 2.24) is 15.1 Å². The Bertz CT molecular complexity index is 1220. The number of hydrogen-bond donors (Lipinski definition) is 1. The summed E-state index contributed by atoms with van der Waals surface area (Å²) in [5.74, 6) is -0.739. The number of carbonyl (C=O) groups excluding carboxylic acids is 2. The molecular weight excluding hydrogens is 510 g/mol. The molecule has 4 atom stereocenters. The molecule has 1 unspecified atom stereocenters. The molecule has 1 aliphatic heterocycles. The number of rotatable bonds is 8. The molecule has 7 nitrogen and oxygen atoms in total. The number of nitrogens with one attached hydrogen (secondary N) is 1. The van der Waals surface area contributed by atoms with Gasteiger partial charge in [-0.25, -0.2) is 8.42 Å². The van der Waals surface area contributed by atoms with E-state index in [0.29, 0.717) is 40.9 Å². The predicted octanol–water partition coefficient (Wildman–Crippen LogP) is 4.02. The van der Waals surface area contributed by atoms with E-state index < -0.39 is 15.9 Å². The molecule has 0 radical (unpaired) electrons. The number of halogens is 1. The van der Waals surface area contributed by atoms with E-state index in [1.807, 2.05) is 4.90 Å². The maximum Gasteiger partial charge on any atom is 0.253 e. The van der Waals surface area contributed by atoms with Crippen LogP contribution >= 0.6 is 11.6 Å². The molecule has 2 fully saturated rings. The lowest BCUT2D eigenvalue weighted by atomic mass is 9.81. The van der Waals surface area contributed by atoms with Crippen LogP contribution in [0.25, 0.3) is 0 Å². The Kier molecular flexibility index (Phi) is 8.61. The summed E-state index contributed by atoms with van der Waals surface area (Å²) in [6.45, 7) is 4.76. The molecule has 1 saturated carbocycles. The first-order chi connectivity index (χ1) is 17.6. The Balaban J connectivity index is 1.52. The monoisotopic (exact) mass is 545 g/mol. The minimum atomic E-state index is -3.52. The minimum Gasteiger partial charge on any atom is -0.340 e. The van der Waals surface area contributed by atoms with Crippen LogP contribution < -0.4 is 5.32 Å². The Morgan fingerprint density at radius 3 is 2.43 bits per heavy atom. The van der Waals surface area contributed by atoms with Crippen LogP contribution in [-0.2, 0) is 14.6 Å². The maximum absolute atomic E-state index is 13.5. The molecule has 1 heterocycles. The number of carbonyl (C=O) groups is 2. The molecule has 9 heteroatoms. The van der Waals surface area contributed by atoms with Crippen molar-refractivity contribution in [2.45, 2.75) is 68.6 Å². The summed E-state index contributed by atoms with van der Waals surface area (Å²) in [6, 6.07) is 15.0. The van der Waals surface area contributed by atoms with Gasteiger partial charge in [0.25, 0.3) is 5.91 Å². The molecule has 37 heavy (non-hydrogen) atoms. The zero-order valence-electron chi connectivity index (χ0n) is 21.6. The highest BCUT2D eigenvalue weighted by atomic mass is 35.5. The predicted molar refractivity (Wildman–Crippen MR) is 145 cm³/mol. The van der Waals surface area contributed by atoms with Crippen molar-refractivity contribution in [2.24, 2.45) is 5.92 Å². The molecule has 1 aliphatic carbocycles. The highest BCUT2D eigenvalue weighted by Gasteiger charge is 2.44. The summed E-state index contributed by atoms with van der Waals surface area (Å²) in [5, 5.41) is 3.18. The summed E-state index contributed by atoms with van der Waals surface area (Å²) in [5.41, 5.74) is 0.333. The van der Waals surface area contributed by atoms with Crippen molar-refractivity contribution in [3.63, 3.8) is 0 Å². The van der Waals surface area contributed by atoms with Crippen LogP contribution in [0.1, 0.15) is 49.9 Å². The second-order valence-electron chi connectivity index (χ2n) is 10.5. The van der Waals surface area contributed by atoms with Gasteiger partial charge in [-0.05, 0) is 76.8 Å². The van der Waals surface area contributed by atoms with E-state index in [1.165, 1.54) is 0 Å². The van der Waals surface area contributed by atoms with Crippen LogP contribution in [0.15, 0.2) is 59.5 Å². The quantitative estimate of drug-likeness (QED) is 0.541. The van der Waals surface area contributed by atoms with Gasteiger partial charge in [0, 0.05) is 24.7 Å².